The molecule has 3 fully saturated rings. The SMILES string of the molecule is CN=C(NCC1CCCCN1Cc1ccccc1)N1CCOC(C2CCCO2)C1. The monoisotopic (exact) mass is 400 g/mol. The zero-order chi connectivity index (χ0) is 19.9. The highest BCUT2D eigenvalue weighted by atomic mass is 16.5. The minimum atomic E-state index is 0.161. The van der Waals surface area contributed by atoms with Crippen molar-refractivity contribution in [2.75, 3.05) is 46.4 Å². The van der Waals surface area contributed by atoms with E-state index >= 15 is 0 Å². The fraction of sp³-hybridized carbons (Fsp3) is 0.696. The van der Waals surface area contributed by atoms with Gasteiger partial charge in [-0.25, -0.2) is 0 Å². The van der Waals surface area contributed by atoms with Crippen molar-refractivity contribution >= 4 is 5.96 Å². The summed E-state index contributed by atoms with van der Waals surface area (Å²) < 4.78 is 11.9. The first-order valence-electron chi connectivity index (χ1n) is 11.3. The van der Waals surface area contributed by atoms with Crippen LogP contribution < -0.4 is 5.32 Å². The molecular formula is C23H36N4O2. The van der Waals surface area contributed by atoms with Crippen LogP contribution >= 0.6 is 0 Å². The molecule has 1 N–H and O–H groups in total. The van der Waals surface area contributed by atoms with E-state index in [4.69, 9.17) is 9.47 Å². The van der Waals surface area contributed by atoms with Gasteiger partial charge in [0.15, 0.2) is 5.96 Å². The predicted molar refractivity (Wildman–Crippen MR) is 116 cm³/mol. The molecule has 3 aliphatic rings. The Morgan fingerprint density at radius 3 is 2.69 bits per heavy atom. The molecule has 0 spiro atoms. The normalized spacial score (nSPS) is 29.2. The molecule has 0 radical (unpaired) electrons. The Hall–Kier alpha value is -1.63. The summed E-state index contributed by atoms with van der Waals surface area (Å²) >= 11 is 0. The van der Waals surface area contributed by atoms with Crippen molar-refractivity contribution in [3.63, 3.8) is 0 Å². The van der Waals surface area contributed by atoms with E-state index in [1.165, 1.54) is 31.4 Å². The molecule has 1 aromatic carbocycles. The van der Waals surface area contributed by atoms with Gasteiger partial charge < -0.3 is 19.7 Å². The highest BCUT2D eigenvalue weighted by Crippen LogP contribution is 2.22. The van der Waals surface area contributed by atoms with Crippen LogP contribution in [0.1, 0.15) is 37.7 Å². The molecule has 6 nitrogen and oxygen atoms in total. The van der Waals surface area contributed by atoms with E-state index in [0.717, 1.165) is 58.2 Å². The lowest BCUT2D eigenvalue weighted by atomic mass is 10.0. The van der Waals surface area contributed by atoms with Crippen LogP contribution in [-0.2, 0) is 16.0 Å². The van der Waals surface area contributed by atoms with Crippen LogP contribution in [0, 0.1) is 0 Å². The topological polar surface area (TPSA) is 49.3 Å². The number of aliphatic imine (C=N–C) groups is 1. The van der Waals surface area contributed by atoms with Crippen molar-refractivity contribution in [1.82, 2.24) is 15.1 Å². The van der Waals surface area contributed by atoms with Gasteiger partial charge in [-0.05, 0) is 37.8 Å². The number of ether oxygens (including phenoxy) is 2. The molecule has 0 saturated carbocycles. The van der Waals surface area contributed by atoms with Crippen LogP contribution in [0.4, 0.5) is 0 Å². The van der Waals surface area contributed by atoms with E-state index in [1.54, 1.807) is 0 Å². The van der Waals surface area contributed by atoms with Crippen LogP contribution in [0.15, 0.2) is 35.3 Å². The largest absolute Gasteiger partial charge is 0.375 e. The van der Waals surface area contributed by atoms with Crippen molar-refractivity contribution in [3.8, 4) is 0 Å². The molecule has 3 saturated heterocycles. The van der Waals surface area contributed by atoms with Crippen molar-refractivity contribution in [2.24, 2.45) is 4.99 Å². The number of hydrogen-bond donors (Lipinski definition) is 1. The fourth-order valence-electron chi connectivity index (χ4n) is 4.85. The van der Waals surface area contributed by atoms with E-state index < -0.39 is 0 Å². The summed E-state index contributed by atoms with van der Waals surface area (Å²) in [6.07, 6.45) is 6.53. The van der Waals surface area contributed by atoms with Gasteiger partial charge in [0.05, 0.1) is 12.7 Å². The number of benzene rings is 1. The van der Waals surface area contributed by atoms with Crippen LogP contribution in [0.25, 0.3) is 0 Å². The summed E-state index contributed by atoms with van der Waals surface area (Å²) in [4.78, 5) is 9.56. The zero-order valence-electron chi connectivity index (χ0n) is 17.8. The standard InChI is InChI=1S/C23H36N4O2/c1-24-23(27-13-15-29-22(18-27)21-11-7-14-28-21)25-16-20-10-5-6-12-26(20)17-19-8-3-2-4-9-19/h2-4,8-9,20-22H,5-7,10-18H2,1H3,(H,24,25). The number of likely N-dealkylation sites (tertiary alicyclic amines) is 1. The van der Waals surface area contributed by atoms with Crippen molar-refractivity contribution in [3.05, 3.63) is 35.9 Å². The zero-order valence-corrected chi connectivity index (χ0v) is 17.8. The number of hydrogen-bond acceptors (Lipinski definition) is 4. The second-order valence-corrected chi connectivity index (χ2v) is 8.44. The maximum Gasteiger partial charge on any atom is 0.193 e. The molecule has 0 amide bonds. The van der Waals surface area contributed by atoms with Crippen molar-refractivity contribution in [1.29, 1.82) is 0 Å². The first-order chi connectivity index (χ1) is 14.3. The van der Waals surface area contributed by atoms with E-state index in [2.05, 4.69) is 50.4 Å². The van der Waals surface area contributed by atoms with Gasteiger partial charge in [0, 0.05) is 45.9 Å². The summed E-state index contributed by atoms with van der Waals surface area (Å²) in [5.74, 6) is 1.00. The Labute approximate surface area is 175 Å². The summed E-state index contributed by atoms with van der Waals surface area (Å²) in [6, 6.07) is 11.4. The molecule has 0 bridgehead atoms. The molecule has 0 aromatic heterocycles. The average Bonchev–Trinajstić information content (AvgIpc) is 3.31. The lowest BCUT2D eigenvalue weighted by Gasteiger charge is -2.39. The van der Waals surface area contributed by atoms with E-state index in [1.807, 2.05) is 7.05 Å². The molecule has 3 heterocycles. The number of nitrogens with one attached hydrogen (secondary N) is 1. The van der Waals surface area contributed by atoms with Crippen LogP contribution in [-0.4, -0.2) is 80.4 Å². The number of guanidine groups is 1. The molecular weight excluding hydrogens is 364 g/mol. The Balaban J connectivity index is 1.31. The maximum atomic E-state index is 6.01. The number of piperidine rings is 1. The first-order valence-corrected chi connectivity index (χ1v) is 11.3. The lowest BCUT2D eigenvalue weighted by Crippen LogP contribution is -2.55. The molecule has 6 heteroatoms. The first kappa shape index (κ1) is 20.6. The van der Waals surface area contributed by atoms with Gasteiger partial charge in [0.2, 0.25) is 0 Å². The van der Waals surface area contributed by atoms with Crippen LogP contribution in [0.3, 0.4) is 0 Å². The average molecular weight is 401 g/mol. The number of morpholine rings is 1. The van der Waals surface area contributed by atoms with Crippen molar-refractivity contribution < 1.29 is 9.47 Å². The third kappa shape index (κ3) is 5.50. The van der Waals surface area contributed by atoms with Gasteiger partial charge in [-0.3, -0.25) is 9.89 Å². The predicted octanol–water partition coefficient (Wildman–Crippen LogP) is 2.50. The molecule has 4 rings (SSSR count). The van der Waals surface area contributed by atoms with E-state index in [-0.39, 0.29) is 12.2 Å². The molecule has 0 aliphatic carbocycles. The molecule has 160 valence electrons. The van der Waals surface area contributed by atoms with E-state index in [0.29, 0.717) is 6.04 Å². The minimum Gasteiger partial charge on any atom is -0.375 e. The van der Waals surface area contributed by atoms with Gasteiger partial charge >= 0.3 is 0 Å². The molecule has 3 atom stereocenters. The quantitative estimate of drug-likeness (QED) is 0.608. The Morgan fingerprint density at radius 1 is 1.03 bits per heavy atom. The van der Waals surface area contributed by atoms with Gasteiger partial charge in [-0.15, -0.1) is 0 Å². The second-order valence-electron chi connectivity index (χ2n) is 8.44. The van der Waals surface area contributed by atoms with Gasteiger partial charge in [0.1, 0.15) is 6.10 Å². The highest BCUT2D eigenvalue weighted by molar-refractivity contribution is 5.80. The van der Waals surface area contributed by atoms with Gasteiger partial charge in [-0.1, -0.05) is 36.8 Å². The third-order valence-corrected chi connectivity index (χ3v) is 6.46. The summed E-state index contributed by atoms with van der Waals surface area (Å²) in [7, 11) is 1.89. The van der Waals surface area contributed by atoms with Gasteiger partial charge in [-0.2, -0.15) is 0 Å². The fourth-order valence-corrected chi connectivity index (χ4v) is 4.85. The van der Waals surface area contributed by atoms with E-state index in [9.17, 15) is 0 Å². The second kappa shape index (κ2) is 10.4. The Bertz CT molecular complexity index is 648. The summed E-state index contributed by atoms with van der Waals surface area (Å²) in [5, 5.41) is 3.67. The van der Waals surface area contributed by atoms with Crippen LogP contribution in [0.2, 0.25) is 0 Å². The minimum absolute atomic E-state index is 0.161. The number of nitrogens with zero attached hydrogens (tertiary/aromatic N) is 3. The summed E-state index contributed by atoms with van der Waals surface area (Å²) in [6.45, 7) is 6.53. The Kier molecular flexibility index (Phi) is 7.41. The van der Waals surface area contributed by atoms with Crippen LogP contribution in [0.5, 0.6) is 0 Å². The smallest absolute Gasteiger partial charge is 0.193 e. The third-order valence-electron chi connectivity index (χ3n) is 6.46. The molecule has 29 heavy (non-hydrogen) atoms. The van der Waals surface area contributed by atoms with Crippen molar-refractivity contribution in [2.45, 2.75) is 56.9 Å². The molecule has 1 aromatic rings. The maximum absolute atomic E-state index is 6.01. The number of rotatable bonds is 5. The lowest BCUT2D eigenvalue weighted by molar-refractivity contribution is -0.0817. The molecule has 3 aliphatic heterocycles. The highest BCUT2D eigenvalue weighted by Gasteiger charge is 2.32. The Morgan fingerprint density at radius 2 is 1.90 bits per heavy atom. The van der Waals surface area contributed by atoms with Gasteiger partial charge in [0.25, 0.3) is 0 Å². The molecule has 3 unspecified atom stereocenters. The summed E-state index contributed by atoms with van der Waals surface area (Å²) in [5.41, 5.74) is 1.40.